The molecular weight excluding hydrogens is 299 g/mol. The Kier molecular flexibility index (Phi) is 5.94. The highest BCUT2D eigenvalue weighted by Crippen LogP contribution is 2.24. The van der Waals surface area contributed by atoms with E-state index < -0.39 is 24.9 Å². The highest BCUT2D eigenvalue weighted by Gasteiger charge is 2.13. The number of benzene rings is 1. The fraction of sp³-hybridized carbons (Fsp3) is 0.455. The van der Waals surface area contributed by atoms with Crippen molar-refractivity contribution >= 4 is 15.9 Å². The normalized spacial score (nSPS) is 13.1. The van der Waals surface area contributed by atoms with E-state index in [4.69, 9.17) is 10.5 Å². The maximum atomic E-state index is 13.6. The van der Waals surface area contributed by atoms with Crippen LogP contribution in [0.25, 0.3) is 0 Å². The van der Waals surface area contributed by atoms with Crippen LogP contribution < -0.4 is 5.73 Å². The van der Waals surface area contributed by atoms with Crippen LogP contribution in [0.4, 0.5) is 13.2 Å². The van der Waals surface area contributed by atoms with Gasteiger partial charge in [0.05, 0.1) is 4.47 Å². The number of alkyl halides is 2. The molecule has 0 spiro atoms. The zero-order valence-corrected chi connectivity index (χ0v) is 10.6. The van der Waals surface area contributed by atoms with Crippen molar-refractivity contribution in [2.24, 2.45) is 5.73 Å². The van der Waals surface area contributed by atoms with Gasteiger partial charge in [-0.3, -0.25) is 0 Å². The van der Waals surface area contributed by atoms with E-state index in [2.05, 4.69) is 15.9 Å². The molecule has 0 radical (unpaired) electrons. The minimum atomic E-state index is -2.49. The van der Waals surface area contributed by atoms with E-state index in [1.807, 2.05) is 0 Å². The summed E-state index contributed by atoms with van der Waals surface area (Å²) in [6, 6.07) is 4.24. The Labute approximate surface area is 106 Å². The molecule has 0 aliphatic heterocycles. The summed E-state index contributed by atoms with van der Waals surface area (Å²) in [5.41, 5.74) is 6.10. The van der Waals surface area contributed by atoms with Crippen LogP contribution in [0.15, 0.2) is 22.7 Å². The van der Waals surface area contributed by atoms with E-state index in [0.29, 0.717) is 16.5 Å². The van der Waals surface area contributed by atoms with Crippen molar-refractivity contribution in [2.45, 2.75) is 18.9 Å². The second-order valence-electron chi connectivity index (χ2n) is 3.50. The van der Waals surface area contributed by atoms with Crippen molar-refractivity contribution in [3.05, 3.63) is 34.1 Å². The van der Waals surface area contributed by atoms with E-state index in [-0.39, 0.29) is 6.61 Å². The lowest BCUT2D eigenvalue weighted by atomic mass is 10.0. The molecule has 0 aliphatic carbocycles. The van der Waals surface area contributed by atoms with Crippen molar-refractivity contribution in [1.29, 1.82) is 0 Å². The largest absolute Gasteiger partial charge is 0.375 e. The lowest BCUT2D eigenvalue weighted by Crippen LogP contribution is -2.16. The molecule has 2 nitrogen and oxygen atoms in total. The van der Waals surface area contributed by atoms with Crippen molar-refractivity contribution < 1.29 is 17.9 Å². The van der Waals surface area contributed by atoms with Gasteiger partial charge < -0.3 is 10.5 Å². The smallest absolute Gasteiger partial charge is 0.261 e. The molecule has 6 heteroatoms. The predicted octanol–water partition coefficient (Wildman–Crippen LogP) is 3.26. The summed E-state index contributed by atoms with van der Waals surface area (Å²) in [7, 11) is 0. The van der Waals surface area contributed by atoms with Gasteiger partial charge in [-0.1, -0.05) is 12.1 Å². The predicted molar refractivity (Wildman–Crippen MR) is 62.5 cm³/mol. The Morgan fingerprint density at radius 2 is 2.06 bits per heavy atom. The summed E-state index contributed by atoms with van der Waals surface area (Å²) < 4.78 is 42.2. The highest BCUT2D eigenvalue weighted by molar-refractivity contribution is 9.10. The van der Waals surface area contributed by atoms with Gasteiger partial charge in [0.25, 0.3) is 6.43 Å². The van der Waals surface area contributed by atoms with Crippen LogP contribution in [0.3, 0.4) is 0 Å². The van der Waals surface area contributed by atoms with Gasteiger partial charge in [-0.25, -0.2) is 13.2 Å². The average Bonchev–Trinajstić information content (AvgIpc) is 2.27. The van der Waals surface area contributed by atoms with Gasteiger partial charge in [0.1, 0.15) is 12.4 Å². The quantitative estimate of drug-likeness (QED) is 0.818. The summed E-state index contributed by atoms with van der Waals surface area (Å²) >= 11 is 3.05. The Bertz CT molecular complexity index is 363. The monoisotopic (exact) mass is 311 g/mol. The molecule has 0 bridgehead atoms. The minimum absolute atomic E-state index is 0.0808. The zero-order valence-electron chi connectivity index (χ0n) is 9.01. The summed E-state index contributed by atoms with van der Waals surface area (Å²) in [5.74, 6) is -0.422. The number of hydrogen-bond donors (Lipinski definition) is 1. The first-order valence-corrected chi connectivity index (χ1v) is 5.87. The van der Waals surface area contributed by atoms with Gasteiger partial charge in [0.15, 0.2) is 0 Å². The van der Waals surface area contributed by atoms with Crippen molar-refractivity contribution in [3.63, 3.8) is 0 Å². The molecule has 1 atom stereocenters. The zero-order chi connectivity index (χ0) is 12.8. The summed E-state index contributed by atoms with van der Waals surface area (Å²) in [4.78, 5) is 0. The Balaban J connectivity index is 2.47. The molecule has 1 rings (SSSR count). The number of nitrogens with two attached hydrogens (primary N) is 1. The average molecular weight is 312 g/mol. The highest BCUT2D eigenvalue weighted by atomic mass is 79.9. The van der Waals surface area contributed by atoms with E-state index in [9.17, 15) is 13.2 Å². The topological polar surface area (TPSA) is 35.2 Å². The standard InChI is InChI=1S/C11H13BrF3NO/c12-8-3-1-2-7(11(8)15)9(16)4-5-17-6-10(13)14/h1-3,9-10H,4-6,16H2. The van der Waals surface area contributed by atoms with E-state index in [1.54, 1.807) is 18.2 Å². The first kappa shape index (κ1) is 14.5. The molecule has 1 aromatic carbocycles. The minimum Gasteiger partial charge on any atom is -0.375 e. The molecule has 0 saturated carbocycles. The van der Waals surface area contributed by atoms with Crippen molar-refractivity contribution in [2.75, 3.05) is 13.2 Å². The van der Waals surface area contributed by atoms with Crippen molar-refractivity contribution in [3.8, 4) is 0 Å². The van der Waals surface area contributed by atoms with Crippen LogP contribution in [-0.2, 0) is 4.74 Å². The Hall–Kier alpha value is -0.590. The molecule has 0 aromatic heterocycles. The van der Waals surface area contributed by atoms with Crippen LogP contribution in [0.2, 0.25) is 0 Å². The second kappa shape index (κ2) is 6.98. The van der Waals surface area contributed by atoms with Gasteiger partial charge in [-0.05, 0) is 28.4 Å². The third-order valence-electron chi connectivity index (χ3n) is 2.20. The SMILES string of the molecule is NC(CCOCC(F)F)c1cccc(Br)c1F. The molecule has 17 heavy (non-hydrogen) atoms. The Morgan fingerprint density at radius 3 is 2.71 bits per heavy atom. The maximum absolute atomic E-state index is 13.6. The van der Waals surface area contributed by atoms with Crippen molar-refractivity contribution in [1.82, 2.24) is 0 Å². The van der Waals surface area contributed by atoms with Crippen LogP contribution in [-0.4, -0.2) is 19.6 Å². The molecule has 96 valence electrons. The molecular formula is C11H13BrF3NO. The summed E-state index contributed by atoms with van der Waals surface area (Å²) in [6.07, 6.45) is -2.20. The number of rotatable bonds is 6. The molecule has 0 fully saturated rings. The lowest BCUT2D eigenvalue weighted by Gasteiger charge is -2.13. The first-order chi connectivity index (χ1) is 8.02. The van der Waals surface area contributed by atoms with Crippen LogP contribution in [0.5, 0.6) is 0 Å². The molecule has 0 amide bonds. The third-order valence-corrected chi connectivity index (χ3v) is 2.81. The molecule has 0 aliphatic rings. The fourth-order valence-corrected chi connectivity index (χ4v) is 1.73. The number of ether oxygens (including phenoxy) is 1. The molecule has 0 saturated heterocycles. The molecule has 2 N–H and O–H groups in total. The van der Waals surface area contributed by atoms with Crippen LogP contribution >= 0.6 is 15.9 Å². The first-order valence-electron chi connectivity index (χ1n) is 5.07. The maximum Gasteiger partial charge on any atom is 0.261 e. The van der Waals surface area contributed by atoms with Gasteiger partial charge in [0.2, 0.25) is 0 Å². The fourth-order valence-electron chi connectivity index (χ4n) is 1.35. The van der Waals surface area contributed by atoms with Gasteiger partial charge in [0, 0.05) is 18.2 Å². The van der Waals surface area contributed by atoms with Crippen LogP contribution in [0.1, 0.15) is 18.0 Å². The summed E-state index contributed by atoms with van der Waals surface area (Å²) in [5, 5.41) is 0. The number of hydrogen-bond acceptors (Lipinski definition) is 2. The molecule has 1 unspecified atom stereocenters. The molecule has 1 aromatic rings. The van der Waals surface area contributed by atoms with Gasteiger partial charge in [-0.2, -0.15) is 0 Å². The number of halogens is 4. The lowest BCUT2D eigenvalue weighted by molar-refractivity contribution is 0.0151. The van der Waals surface area contributed by atoms with E-state index in [1.165, 1.54) is 0 Å². The Morgan fingerprint density at radius 1 is 1.35 bits per heavy atom. The van der Waals surface area contributed by atoms with Crippen LogP contribution in [0, 0.1) is 5.82 Å². The second-order valence-corrected chi connectivity index (χ2v) is 4.36. The van der Waals surface area contributed by atoms with E-state index >= 15 is 0 Å². The van der Waals surface area contributed by atoms with E-state index in [0.717, 1.165) is 0 Å². The van der Waals surface area contributed by atoms with Gasteiger partial charge in [-0.15, -0.1) is 0 Å². The third kappa shape index (κ3) is 4.65. The summed E-state index contributed by atoms with van der Waals surface area (Å²) in [6.45, 7) is -0.537. The van der Waals surface area contributed by atoms with Gasteiger partial charge >= 0.3 is 0 Å². The molecule has 0 heterocycles.